The van der Waals surface area contributed by atoms with Gasteiger partial charge in [-0.15, -0.1) is 11.8 Å². The average Bonchev–Trinajstić information content (AvgIpc) is 3.01. The van der Waals surface area contributed by atoms with E-state index in [4.69, 9.17) is 9.79 Å². The van der Waals surface area contributed by atoms with E-state index in [2.05, 4.69) is 4.98 Å². The third-order valence-corrected chi connectivity index (χ3v) is 7.60. The lowest BCUT2D eigenvalue weighted by Crippen LogP contribution is -2.33. The van der Waals surface area contributed by atoms with Crippen molar-refractivity contribution in [2.45, 2.75) is 29.8 Å². The van der Waals surface area contributed by atoms with E-state index < -0.39 is 30.3 Å². The van der Waals surface area contributed by atoms with E-state index in [1.54, 1.807) is 24.3 Å². The zero-order valence-corrected chi connectivity index (χ0v) is 16.4. The molecule has 1 aliphatic carbocycles. The van der Waals surface area contributed by atoms with Gasteiger partial charge < -0.3 is 19.9 Å². The number of rotatable bonds is 5. The van der Waals surface area contributed by atoms with Gasteiger partial charge in [0.25, 0.3) is 0 Å². The van der Waals surface area contributed by atoms with Crippen LogP contribution in [0.25, 0.3) is 22.0 Å². The maximum Gasteiger partial charge on any atom is 0.335 e. The van der Waals surface area contributed by atoms with Crippen LogP contribution >= 0.6 is 19.4 Å². The highest BCUT2D eigenvalue weighted by molar-refractivity contribution is 8.04. The van der Waals surface area contributed by atoms with Crippen molar-refractivity contribution >= 4 is 30.3 Å². The maximum absolute atomic E-state index is 15.2. The summed E-state index contributed by atoms with van der Waals surface area (Å²) in [7, 11) is -4.27. The van der Waals surface area contributed by atoms with E-state index in [-0.39, 0.29) is 16.5 Å². The monoisotopic (exact) mass is 425 g/mol. The Morgan fingerprint density at radius 3 is 2.43 bits per heavy atom. The molecule has 0 radical (unpaired) electrons. The first kappa shape index (κ1) is 19.6. The molecular weight excluding hydrogens is 407 g/mol. The van der Waals surface area contributed by atoms with Crippen LogP contribution in [-0.2, 0) is 10.2 Å². The van der Waals surface area contributed by atoms with Gasteiger partial charge in [-0.05, 0) is 36.5 Å². The molecule has 9 heteroatoms. The predicted molar refractivity (Wildman–Crippen MR) is 104 cm³/mol. The Hall–Kier alpha value is -1.70. The molecule has 0 aliphatic heterocycles. The number of hydrogen-bond acceptors (Lipinski definition) is 3. The highest BCUT2D eigenvalue weighted by atomic mass is 32.2. The number of aromatic amines is 1. The number of H-pyrrole nitrogens is 1. The molecule has 1 saturated carbocycles. The largest absolute Gasteiger partial charge is 0.385 e. The minimum Gasteiger partial charge on any atom is -0.385 e. The van der Waals surface area contributed by atoms with Crippen molar-refractivity contribution in [3.8, 4) is 11.1 Å². The number of halogens is 2. The molecule has 1 fully saturated rings. The van der Waals surface area contributed by atoms with Crippen LogP contribution < -0.4 is 0 Å². The Morgan fingerprint density at radius 2 is 1.86 bits per heavy atom. The van der Waals surface area contributed by atoms with E-state index in [1.165, 1.54) is 12.3 Å². The highest BCUT2D eigenvalue weighted by Gasteiger charge is 2.36. The fourth-order valence-electron chi connectivity index (χ4n) is 3.47. The van der Waals surface area contributed by atoms with Crippen LogP contribution in [0.2, 0.25) is 0 Å². The van der Waals surface area contributed by atoms with Crippen molar-refractivity contribution < 1.29 is 28.2 Å². The van der Waals surface area contributed by atoms with Gasteiger partial charge in [0, 0.05) is 16.5 Å². The van der Waals surface area contributed by atoms with Crippen LogP contribution in [0.5, 0.6) is 0 Å². The number of fused-ring (bicyclic) bond motifs is 1. The summed E-state index contributed by atoms with van der Waals surface area (Å²) < 4.78 is 41.0. The van der Waals surface area contributed by atoms with Crippen molar-refractivity contribution in [1.29, 1.82) is 0 Å². The zero-order chi connectivity index (χ0) is 20.1. The van der Waals surface area contributed by atoms with Crippen molar-refractivity contribution in [1.82, 2.24) is 4.98 Å². The minimum atomic E-state index is -4.27. The molecule has 0 spiro atoms. The maximum atomic E-state index is 15.2. The molecule has 28 heavy (non-hydrogen) atoms. The van der Waals surface area contributed by atoms with Crippen LogP contribution in [0, 0.1) is 11.6 Å². The summed E-state index contributed by atoms with van der Waals surface area (Å²) in [5.41, 5.74) is -0.296. The second-order valence-corrected chi connectivity index (χ2v) is 10.1. The van der Waals surface area contributed by atoms with Gasteiger partial charge in [0.15, 0.2) is 0 Å². The van der Waals surface area contributed by atoms with Gasteiger partial charge >= 0.3 is 7.60 Å². The number of benzene rings is 2. The van der Waals surface area contributed by atoms with Crippen molar-refractivity contribution in [2.75, 3.05) is 5.49 Å². The Kier molecular flexibility index (Phi) is 4.88. The second-order valence-electron chi connectivity index (χ2n) is 7.02. The summed E-state index contributed by atoms with van der Waals surface area (Å²) in [5.74, 6) is -1.53. The quantitative estimate of drug-likeness (QED) is 0.351. The first-order chi connectivity index (χ1) is 13.2. The Balaban J connectivity index is 1.75. The fraction of sp³-hybridized carbons (Fsp3) is 0.263. The molecule has 4 N–H and O–H groups in total. The predicted octanol–water partition coefficient (Wildman–Crippen LogP) is 4.71. The zero-order valence-electron chi connectivity index (χ0n) is 14.7. The molecule has 2 aromatic carbocycles. The van der Waals surface area contributed by atoms with Gasteiger partial charge in [-0.2, -0.15) is 0 Å². The SMILES string of the molecule is O=P(O)(O)CSc1c[nH]c2cc(F)c(-c3ccc(C4(O)CCC4)cc3)c(F)c12. The lowest BCUT2D eigenvalue weighted by atomic mass is 9.75. The summed E-state index contributed by atoms with van der Waals surface area (Å²) in [5, 5.41) is 10.5. The van der Waals surface area contributed by atoms with Crippen LogP contribution in [0.15, 0.2) is 41.4 Å². The van der Waals surface area contributed by atoms with Crippen molar-refractivity contribution in [2.24, 2.45) is 0 Å². The van der Waals surface area contributed by atoms with Crippen LogP contribution in [-0.4, -0.2) is 25.4 Å². The lowest BCUT2D eigenvalue weighted by Gasteiger charge is -2.37. The molecule has 0 bridgehead atoms. The number of aromatic nitrogens is 1. The first-order valence-corrected chi connectivity index (χ1v) is 11.5. The molecule has 0 unspecified atom stereocenters. The summed E-state index contributed by atoms with van der Waals surface area (Å²) >= 11 is 0.814. The average molecular weight is 425 g/mol. The molecule has 1 aliphatic rings. The molecule has 0 saturated heterocycles. The molecule has 5 nitrogen and oxygen atoms in total. The Bertz CT molecular complexity index is 1090. The van der Waals surface area contributed by atoms with Gasteiger partial charge in [0.05, 0.1) is 16.7 Å². The summed E-state index contributed by atoms with van der Waals surface area (Å²) in [6, 6.07) is 7.68. The van der Waals surface area contributed by atoms with E-state index >= 15 is 4.39 Å². The van der Waals surface area contributed by atoms with Gasteiger partial charge in [-0.3, -0.25) is 4.57 Å². The number of aliphatic hydroxyl groups is 1. The smallest absolute Gasteiger partial charge is 0.335 e. The summed E-state index contributed by atoms with van der Waals surface area (Å²) in [6.45, 7) is 0. The molecule has 1 aromatic heterocycles. The molecule has 1 heterocycles. The topological polar surface area (TPSA) is 93.5 Å². The lowest BCUT2D eigenvalue weighted by molar-refractivity contribution is -0.0387. The van der Waals surface area contributed by atoms with Crippen LogP contribution in [0.4, 0.5) is 8.78 Å². The van der Waals surface area contributed by atoms with Crippen LogP contribution in [0.1, 0.15) is 24.8 Å². The summed E-state index contributed by atoms with van der Waals surface area (Å²) in [4.78, 5) is 21.2. The summed E-state index contributed by atoms with van der Waals surface area (Å²) in [6.07, 6.45) is 3.70. The molecule has 4 rings (SSSR count). The van der Waals surface area contributed by atoms with Gasteiger partial charge in [-0.1, -0.05) is 24.3 Å². The van der Waals surface area contributed by atoms with Crippen molar-refractivity contribution in [3.05, 3.63) is 53.7 Å². The van der Waals surface area contributed by atoms with E-state index in [0.717, 1.165) is 23.7 Å². The standard InChI is InChI=1S/C19H18F2NO4PS/c20-13-8-14-17(15(9-22-14)28-10-27(24,25)26)18(21)16(13)11-2-4-12(5-3-11)19(23)6-1-7-19/h2-5,8-9,22-23H,1,6-7,10H2,(H2,24,25,26). The molecule has 0 atom stereocenters. The number of thioether (sulfide) groups is 1. The van der Waals surface area contributed by atoms with E-state index in [0.29, 0.717) is 23.3 Å². The third-order valence-electron chi connectivity index (χ3n) is 5.10. The first-order valence-electron chi connectivity index (χ1n) is 8.68. The normalized spacial score (nSPS) is 16.3. The molecule has 3 aromatic rings. The van der Waals surface area contributed by atoms with Crippen LogP contribution in [0.3, 0.4) is 0 Å². The molecular formula is C19H18F2NO4PS. The Labute approximate surface area is 163 Å². The van der Waals surface area contributed by atoms with Gasteiger partial charge in [-0.25, -0.2) is 8.78 Å². The molecule has 0 amide bonds. The third kappa shape index (κ3) is 3.51. The van der Waals surface area contributed by atoms with Crippen molar-refractivity contribution in [3.63, 3.8) is 0 Å². The fourth-order valence-corrected chi connectivity index (χ4v) is 5.18. The highest BCUT2D eigenvalue weighted by Crippen LogP contribution is 2.45. The Morgan fingerprint density at radius 1 is 1.18 bits per heavy atom. The molecule has 148 valence electrons. The van der Waals surface area contributed by atoms with E-state index in [1.807, 2.05) is 0 Å². The number of hydrogen-bond donors (Lipinski definition) is 4. The second kappa shape index (κ2) is 6.97. The minimum absolute atomic E-state index is 0.0940. The number of nitrogens with one attached hydrogen (secondary N) is 1. The van der Waals surface area contributed by atoms with E-state index in [9.17, 15) is 14.1 Å². The van der Waals surface area contributed by atoms with Gasteiger partial charge in [0.1, 0.15) is 17.1 Å². The van der Waals surface area contributed by atoms with Gasteiger partial charge in [0.2, 0.25) is 0 Å².